The smallest absolute Gasteiger partial charge is 0.259 e. The van der Waals surface area contributed by atoms with Crippen molar-refractivity contribution in [3.8, 4) is 5.75 Å². The highest BCUT2D eigenvalue weighted by atomic mass is 16.5. The van der Waals surface area contributed by atoms with Crippen molar-refractivity contribution < 1.29 is 9.53 Å². The number of benzene rings is 1. The zero-order valence-electron chi connectivity index (χ0n) is 19.4. The minimum absolute atomic E-state index is 0.169. The predicted octanol–water partition coefficient (Wildman–Crippen LogP) is 3.87. The van der Waals surface area contributed by atoms with Crippen molar-refractivity contribution in [2.45, 2.75) is 45.7 Å². The van der Waals surface area contributed by atoms with E-state index in [4.69, 9.17) is 15.6 Å². The number of likely N-dealkylation sites (tertiary alicyclic amines) is 1. The first-order valence-corrected chi connectivity index (χ1v) is 10.9. The average Bonchev–Trinajstić information content (AvgIpc) is 3.09. The normalized spacial score (nSPS) is 19.2. The van der Waals surface area contributed by atoms with E-state index in [0.29, 0.717) is 35.1 Å². The topological polar surface area (TPSA) is 92.5 Å². The quantitative estimate of drug-likeness (QED) is 0.359. The summed E-state index contributed by atoms with van der Waals surface area (Å²) < 4.78 is 5.47. The second-order valence-electron chi connectivity index (χ2n) is 8.55. The molecule has 7 nitrogen and oxygen atoms in total. The van der Waals surface area contributed by atoms with Crippen LogP contribution < -0.4 is 10.1 Å². The first kappa shape index (κ1) is 23.5. The van der Waals surface area contributed by atoms with Gasteiger partial charge in [-0.1, -0.05) is 18.7 Å². The largest absolute Gasteiger partial charge is 0.496 e. The Morgan fingerprint density at radius 3 is 2.72 bits per heavy atom. The Balaban J connectivity index is 1.66. The van der Waals surface area contributed by atoms with E-state index in [1.807, 2.05) is 26.0 Å². The summed E-state index contributed by atoms with van der Waals surface area (Å²) in [5.74, 6) is 1.12. The summed E-state index contributed by atoms with van der Waals surface area (Å²) in [7, 11) is 3.65. The maximum Gasteiger partial charge on any atom is 0.259 e. The zero-order chi connectivity index (χ0) is 23.4. The lowest BCUT2D eigenvalue weighted by Gasteiger charge is -2.26. The summed E-state index contributed by atoms with van der Waals surface area (Å²) in [5.41, 5.74) is 4.05. The fraction of sp³-hybridized carbons (Fsp3) is 0.400. The molecule has 1 amide bonds. The number of hydrogen-bond donors (Lipinski definition) is 3. The van der Waals surface area contributed by atoms with Gasteiger partial charge in [-0.2, -0.15) is 0 Å². The van der Waals surface area contributed by atoms with Crippen LogP contribution in [0.25, 0.3) is 0 Å². The third-order valence-corrected chi connectivity index (χ3v) is 6.03. The molecule has 1 atom stereocenters. The number of nitrogens with one attached hydrogen (secondary N) is 3. The number of amides is 1. The number of carbonyl (C=O) groups is 1. The van der Waals surface area contributed by atoms with Crippen molar-refractivity contribution in [3.63, 3.8) is 0 Å². The van der Waals surface area contributed by atoms with E-state index < -0.39 is 0 Å². The fourth-order valence-electron chi connectivity index (χ4n) is 4.12. The SMILES string of the molecule is C=C(/C=C\C=C(/C)C(=N)N1C(=N)CCC1C)NC(=O)c1cc2c(cc1OC)CCN(C)C2. The molecule has 1 aromatic carbocycles. The predicted molar refractivity (Wildman–Crippen MR) is 129 cm³/mol. The van der Waals surface area contributed by atoms with Crippen LogP contribution in [-0.4, -0.2) is 54.1 Å². The minimum atomic E-state index is -0.264. The van der Waals surface area contributed by atoms with Crippen LogP contribution in [0.2, 0.25) is 0 Å². The monoisotopic (exact) mass is 435 g/mol. The number of nitrogens with zero attached hydrogens (tertiary/aromatic N) is 2. The maximum atomic E-state index is 12.9. The Kier molecular flexibility index (Phi) is 7.30. The fourth-order valence-corrected chi connectivity index (χ4v) is 4.12. The van der Waals surface area contributed by atoms with Gasteiger partial charge in [-0.15, -0.1) is 0 Å². The maximum absolute atomic E-state index is 12.9. The third kappa shape index (κ3) is 5.16. The van der Waals surface area contributed by atoms with Gasteiger partial charge in [0.1, 0.15) is 17.4 Å². The molecule has 3 N–H and O–H groups in total. The van der Waals surface area contributed by atoms with Crippen molar-refractivity contribution in [2.24, 2.45) is 0 Å². The number of fused-ring (bicyclic) bond motifs is 1. The van der Waals surface area contributed by atoms with Crippen LogP contribution in [0, 0.1) is 10.8 Å². The molecule has 170 valence electrons. The van der Waals surface area contributed by atoms with Crippen LogP contribution in [0.4, 0.5) is 0 Å². The molecule has 3 rings (SSSR count). The molecular weight excluding hydrogens is 402 g/mol. The molecule has 7 heteroatoms. The van der Waals surface area contributed by atoms with Gasteiger partial charge in [-0.3, -0.25) is 15.6 Å². The molecular formula is C25H33N5O2. The van der Waals surface area contributed by atoms with Gasteiger partial charge >= 0.3 is 0 Å². The Morgan fingerprint density at radius 2 is 2.06 bits per heavy atom. The summed E-state index contributed by atoms with van der Waals surface area (Å²) in [6.07, 6.45) is 7.80. The van der Waals surface area contributed by atoms with E-state index in [2.05, 4.69) is 23.8 Å². The van der Waals surface area contributed by atoms with Gasteiger partial charge in [0.2, 0.25) is 0 Å². The van der Waals surface area contributed by atoms with Crippen LogP contribution in [0.1, 0.15) is 48.2 Å². The van der Waals surface area contributed by atoms with Crippen LogP contribution in [0.3, 0.4) is 0 Å². The number of carbonyl (C=O) groups excluding carboxylic acids is 1. The third-order valence-electron chi connectivity index (χ3n) is 6.03. The van der Waals surface area contributed by atoms with Gasteiger partial charge in [0.15, 0.2) is 0 Å². The zero-order valence-corrected chi connectivity index (χ0v) is 19.4. The standard InChI is InChI=1S/C25H33N5O2/c1-16(24(27)30-18(3)9-10-23(30)26)7-6-8-17(2)28-25(31)21-13-20-15-29(4)12-11-19(20)14-22(21)32-5/h6-8,13-14,18,26-27H,2,9-12,15H2,1,3-5H3,(H,28,31)/b8-6-,16-7+,26-23?,27-24?. The number of likely N-dealkylation sites (N-methyl/N-ethyl adjacent to an activating group) is 1. The van der Waals surface area contributed by atoms with E-state index >= 15 is 0 Å². The van der Waals surface area contributed by atoms with Crippen LogP contribution in [0.5, 0.6) is 5.75 Å². The average molecular weight is 436 g/mol. The molecule has 1 aromatic rings. The van der Waals surface area contributed by atoms with Gasteiger partial charge in [-0.25, -0.2) is 0 Å². The second kappa shape index (κ2) is 9.96. The van der Waals surface area contributed by atoms with E-state index in [0.717, 1.165) is 37.1 Å². The number of methoxy groups -OCH3 is 1. The summed E-state index contributed by atoms with van der Waals surface area (Å²) in [6.45, 7) is 9.60. The molecule has 2 heterocycles. The highest BCUT2D eigenvalue weighted by molar-refractivity contribution is 6.07. The van der Waals surface area contributed by atoms with Gasteiger partial charge in [0.05, 0.1) is 12.7 Å². The van der Waals surface area contributed by atoms with Gasteiger partial charge in [0.25, 0.3) is 5.91 Å². The summed E-state index contributed by atoms with van der Waals surface area (Å²) >= 11 is 0. The van der Waals surface area contributed by atoms with Gasteiger partial charge in [0, 0.05) is 31.2 Å². The molecule has 0 radical (unpaired) electrons. The molecule has 0 spiro atoms. The minimum Gasteiger partial charge on any atom is -0.496 e. The number of amidine groups is 2. The molecule has 1 fully saturated rings. The van der Waals surface area contributed by atoms with Crippen molar-refractivity contribution in [1.82, 2.24) is 15.1 Å². The number of ether oxygens (including phenoxy) is 1. The van der Waals surface area contributed by atoms with E-state index in [1.165, 1.54) is 5.56 Å². The molecule has 0 bridgehead atoms. The molecule has 1 unspecified atom stereocenters. The Hall–Kier alpha value is -3.19. The lowest BCUT2D eigenvalue weighted by atomic mass is 9.96. The number of rotatable bonds is 6. The Morgan fingerprint density at radius 1 is 1.31 bits per heavy atom. The van der Waals surface area contributed by atoms with E-state index in [9.17, 15) is 4.79 Å². The van der Waals surface area contributed by atoms with Gasteiger partial charge in [-0.05, 0) is 68.6 Å². The van der Waals surface area contributed by atoms with Crippen molar-refractivity contribution in [1.29, 1.82) is 10.8 Å². The summed E-state index contributed by atoms with van der Waals surface area (Å²) in [4.78, 5) is 16.9. The Bertz CT molecular complexity index is 1010. The van der Waals surface area contributed by atoms with E-state index in [-0.39, 0.29) is 11.9 Å². The number of hydrogen-bond acceptors (Lipinski definition) is 5. The van der Waals surface area contributed by atoms with Gasteiger partial charge < -0.3 is 19.9 Å². The van der Waals surface area contributed by atoms with Crippen LogP contribution in [-0.2, 0) is 13.0 Å². The molecule has 2 aliphatic rings. The summed E-state index contributed by atoms with van der Waals surface area (Å²) in [5, 5.41) is 19.2. The highest BCUT2D eigenvalue weighted by Gasteiger charge is 2.28. The van der Waals surface area contributed by atoms with Crippen molar-refractivity contribution >= 4 is 17.6 Å². The van der Waals surface area contributed by atoms with E-state index in [1.54, 1.807) is 30.2 Å². The molecule has 0 saturated carbocycles. The van der Waals surface area contributed by atoms with Crippen molar-refractivity contribution in [2.75, 3.05) is 20.7 Å². The summed E-state index contributed by atoms with van der Waals surface area (Å²) in [6, 6.07) is 4.04. The molecule has 2 aliphatic heterocycles. The Labute approximate surface area is 190 Å². The van der Waals surface area contributed by atoms with Crippen LogP contribution >= 0.6 is 0 Å². The molecule has 32 heavy (non-hydrogen) atoms. The first-order valence-electron chi connectivity index (χ1n) is 10.9. The highest BCUT2D eigenvalue weighted by Crippen LogP contribution is 2.28. The lowest BCUT2D eigenvalue weighted by Crippen LogP contribution is -2.36. The second-order valence-corrected chi connectivity index (χ2v) is 8.55. The van der Waals surface area contributed by atoms with Crippen molar-refractivity contribution in [3.05, 3.63) is 64.9 Å². The van der Waals surface area contributed by atoms with Crippen LogP contribution in [0.15, 0.2) is 48.2 Å². The first-order chi connectivity index (χ1) is 15.2. The molecule has 1 saturated heterocycles. The lowest BCUT2D eigenvalue weighted by molar-refractivity contribution is 0.0964. The molecule has 0 aliphatic carbocycles. The molecule has 0 aromatic heterocycles. The number of allylic oxidation sites excluding steroid dienone is 3.